The van der Waals surface area contributed by atoms with Gasteiger partial charge in [0.1, 0.15) is 12.2 Å². The fourth-order valence-electron chi connectivity index (χ4n) is 3.62. The Hall–Kier alpha value is -2.04. The first kappa shape index (κ1) is 16.8. The van der Waals surface area contributed by atoms with Crippen LogP contribution in [0.4, 0.5) is 4.79 Å². The topological polar surface area (TPSA) is 55.8 Å². The number of amides is 1. The van der Waals surface area contributed by atoms with Gasteiger partial charge in [0.05, 0.1) is 5.41 Å². The van der Waals surface area contributed by atoms with Crippen LogP contribution in [0, 0.1) is 11.3 Å². The predicted octanol–water partition coefficient (Wildman–Crippen LogP) is 3.38. The first-order chi connectivity index (χ1) is 11.3. The zero-order valence-corrected chi connectivity index (χ0v) is 14.6. The Morgan fingerprint density at radius 3 is 2.50 bits per heavy atom. The average molecular weight is 331 g/mol. The maximum atomic E-state index is 12.6. The molecule has 2 saturated heterocycles. The Labute approximate surface area is 142 Å². The molecule has 4 rings (SSSR count). The highest BCUT2D eigenvalue weighted by Gasteiger charge is 2.57. The molecule has 1 saturated carbocycles. The molecule has 5 nitrogen and oxygen atoms in total. The third-order valence-electron chi connectivity index (χ3n) is 4.63. The van der Waals surface area contributed by atoms with Gasteiger partial charge in [0, 0.05) is 13.1 Å². The summed E-state index contributed by atoms with van der Waals surface area (Å²) in [5.41, 5.74) is -0.105. The Balaban J connectivity index is 1.59. The van der Waals surface area contributed by atoms with E-state index in [0.717, 1.165) is 18.4 Å². The molecule has 0 spiro atoms. The first-order valence-electron chi connectivity index (χ1n) is 8.47. The van der Waals surface area contributed by atoms with Gasteiger partial charge in [-0.1, -0.05) is 30.3 Å². The van der Waals surface area contributed by atoms with Gasteiger partial charge in [-0.15, -0.1) is 0 Å². The third kappa shape index (κ3) is 3.55. The van der Waals surface area contributed by atoms with Gasteiger partial charge in [-0.2, -0.15) is 0 Å². The second kappa shape index (κ2) is 6.11. The van der Waals surface area contributed by atoms with Gasteiger partial charge >= 0.3 is 12.1 Å². The molecule has 0 aromatic heterocycles. The van der Waals surface area contributed by atoms with E-state index in [1.807, 2.05) is 51.1 Å². The van der Waals surface area contributed by atoms with Crippen LogP contribution >= 0.6 is 0 Å². The van der Waals surface area contributed by atoms with Gasteiger partial charge < -0.3 is 14.4 Å². The minimum Gasteiger partial charge on any atom is -0.460 e. The number of rotatable bonds is 3. The van der Waals surface area contributed by atoms with Crippen molar-refractivity contribution in [1.29, 1.82) is 0 Å². The van der Waals surface area contributed by atoms with Crippen LogP contribution in [-0.2, 0) is 20.9 Å². The molecule has 0 atom stereocenters. The van der Waals surface area contributed by atoms with Crippen molar-refractivity contribution in [2.75, 3.05) is 13.1 Å². The van der Waals surface area contributed by atoms with Crippen LogP contribution in [0.15, 0.2) is 30.3 Å². The molecule has 24 heavy (non-hydrogen) atoms. The van der Waals surface area contributed by atoms with E-state index in [-0.39, 0.29) is 18.7 Å². The third-order valence-corrected chi connectivity index (χ3v) is 4.63. The number of ether oxygens (including phenoxy) is 2. The summed E-state index contributed by atoms with van der Waals surface area (Å²) in [6.45, 7) is 6.88. The van der Waals surface area contributed by atoms with Crippen molar-refractivity contribution in [3.8, 4) is 0 Å². The molecular weight excluding hydrogens is 306 g/mol. The standard InChI is InChI=1S/C19H25NO4/c1-18(2,3)24-17(22)20-11-15-9-19(10-15,13-20)16(21)23-12-14-7-5-4-6-8-14/h4-8,15H,9-13H2,1-3H3. The van der Waals surface area contributed by atoms with Crippen molar-refractivity contribution in [2.45, 2.75) is 45.8 Å². The van der Waals surface area contributed by atoms with E-state index in [1.165, 1.54) is 0 Å². The molecule has 0 radical (unpaired) electrons. The molecule has 130 valence electrons. The highest BCUT2D eigenvalue weighted by atomic mass is 16.6. The van der Waals surface area contributed by atoms with Crippen LogP contribution < -0.4 is 0 Å². The number of nitrogens with zero attached hydrogens (tertiary/aromatic N) is 1. The lowest BCUT2D eigenvalue weighted by Crippen LogP contribution is -2.62. The molecule has 1 aromatic rings. The maximum absolute atomic E-state index is 12.6. The van der Waals surface area contributed by atoms with Crippen LogP contribution in [0.5, 0.6) is 0 Å². The number of carbonyl (C=O) groups excluding carboxylic acids is 2. The van der Waals surface area contributed by atoms with Crippen LogP contribution in [-0.4, -0.2) is 35.7 Å². The highest BCUT2D eigenvalue weighted by Crippen LogP contribution is 2.51. The van der Waals surface area contributed by atoms with Gasteiger partial charge in [-0.05, 0) is 45.1 Å². The van der Waals surface area contributed by atoms with Gasteiger partial charge in [0.2, 0.25) is 0 Å². The van der Waals surface area contributed by atoms with Gasteiger partial charge in [-0.3, -0.25) is 4.79 Å². The molecule has 3 fully saturated rings. The first-order valence-corrected chi connectivity index (χ1v) is 8.47. The summed E-state index contributed by atoms with van der Waals surface area (Å²) in [7, 11) is 0. The number of esters is 1. The molecule has 2 bridgehead atoms. The van der Waals surface area contributed by atoms with Crippen molar-refractivity contribution in [2.24, 2.45) is 11.3 Å². The molecule has 1 aromatic carbocycles. The Bertz CT molecular complexity index is 614. The van der Waals surface area contributed by atoms with E-state index in [4.69, 9.17) is 9.47 Å². The predicted molar refractivity (Wildman–Crippen MR) is 89.2 cm³/mol. The van der Waals surface area contributed by atoms with Crippen LogP contribution in [0.1, 0.15) is 39.2 Å². The largest absolute Gasteiger partial charge is 0.460 e. The molecule has 0 N–H and O–H groups in total. The van der Waals surface area contributed by atoms with Gasteiger partial charge in [0.15, 0.2) is 0 Å². The lowest BCUT2D eigenvalue weighted by Gasteiger charge is -2.54. The molecule has 3 aliphatic rings. The number of benzene rings is 1. The highest BCUT2D eigenvalue weighted by molar-refractivity contribution is 5.80. The smallest absolute Gasteiger partial charge is 0.410 e. The van der Waals surface area contributed by atoms with E-state index >= 15 is 0 Å². The molecule has 2 aliphatic heterocycles. The molecule has 1 amide bonds. The summed E-state index contributed by atoms with van der Waals surface area (Å²) in [4.78, 5) is 26.5. The molecule has 1 aliphatic carbocycles. The van der Waals surface area contributed by atoms with E-state index in [0.29, 0.717) is 19.0 Å². The summed E-state index contributed by atoms with van der Waals surface area (Å²) in [6, 6.07) is 9.64. The number of piperidine rings is 2. The quantitative estimate of drug-likeness (QED) is 0.797. The summed E-state index contributed by atoms with van der Waals surface area (Å²) < 4.78 is 11.0. The molecule has 2 heterocycles. The monoisotopic (exact) mass is 331 g/mol. The zero-order chi connectivity index (χ0) is 17.4. The summed E-state index contributed by atoms with van der Waals surface area (Å²) in [5, 5.41) is 0. The maximum Gasteiger partial charge on any atom is 0.410 e. The molecule has 5 heteroatoms. The van der Waals surface area contributed by atoms with Gasteiger partial charge in [-0.25, -0.2) is 4.79 Å². The SMILES string of the molecule is CC(C)(C)OC(=O)N1CC2CC(C(=O)OCc3ccccc3)(C2)C1. The van der Waals surface area contributed by atoms with Gasteiger partial charge in [0.25, 0.3) is 0 Å². The summed E-state index contributed by atoms with van der Waals surface area (Å²) >= 11 is 0. The van der Waals surface area contributed by atoms with Crippen LogP contribution in [0.3, 0.4) is 0 Å². The summed E-state index contributed by atoms with van der Waals surface area (Å²) in [6.07, 6.45) is 1.27. The van der Waals surface area contributed by atoms with Crippen LogP contribution in [0.25, 0.3) is 0 Å². The van der Waals surface area contributed by atoms with E-state index in [2.05, 4.69) is 0 Å². The Morgan fingerprint density at radius 1 is 1.21 bits per heavy atom. The lowest BCUT2D eigenvalue weighted by atomic mass is 9.59. The number of carbonyl (C=O) groups is 2. The van der Waals surface area contributed by atoms with Crippen LogP contribution in [0.2, 0.25) is 0 Å². The van der Waals surface area contributed by atoms with E-state index in [9.17, 15) is 9.59 Å². The zero-order valence-electron chi connectivity index (χ0n) is 14.6. The van der Waals surface area contributed by atoms with Crippen molar-refractivity contribution in [3.05, 3.63) is 35.9 Å². The number of hydrogen-bond donors (Lipinski definition) is 0. The van der Waals surface area contributed by atoms with E-state index < -0.39 is 11.0 Å². The van der Waals surface area contributed by atoms with E-state index in [1.54, 1.807) is 4.90 Å². The molecule has 0 unspecified atom stereocenters. The van der Waals surface area contributed by atoms with Crippen molar-refractivity contribution < 1.29 is 19.1 Å². The van der Waals surface area contributed by atoms with Crippen molar-refractivity contribution >= 4 is 12.1 Å². The fraction of sp³-hybridized carbons (Fsp3) is 0.579. The lowest BCUT2D eigenvalue weighted by molar-refractivity contribution is -0.175. The minimum atomic E-state index is -0.547. The van der Waals surface area contributed by atoms with Crippen molar-refractivity contribution in [1.82, 2.24) is 4.90 Å². The van der Waals surface area contributed by atoms with Crippen molar-refractivity contribution in [3.63, 3.8) is 0 Å². The summed E-state index contributed by atoms with van der Waals surface area (Å²) in [5.74, 6) is 0.173. The average Bonchev–Trinajstić information content (AvgIpc) is 2.51. The second-order valence-electron chi connectivity index (χ2n) is 7.98. The number of fused-ring (bicyclic) bond motifs is 2. The number of hydrogen-bond acceptors (Lipinski definition) is 4. The fourth-order valence-corrected chi connectivity index (χ4v) is 3.62. The Kier molecular flexibility index (Phi) is 4.28. The Morgan fingerprint density at radius 2 is 1.88 bits per heavy atom. The normalized spacial score (nSPS) is 25.6. The minimum absolute atomic E-state index is 0.198. The molecular formula is C19H25NO4. The second-order valence-corrected chi connectivity index (χ2v) is 7.98.